The van der Waals surface area contributed by atoms with Crippen LogP contribution in [-0.4, -0.2) is 88.1 Å². The average molecular weight is 855 g/mol. The summed E-state index contributed by atoms with van der Waals surface area (Å²) in [4.78, 5) is 35.0. The Morgan fingerprint density at radius 1 is 0.610 bits per heavy atom. The van der Waals surface area contributed by atoms with E-state index in [0.29, 0.717) is 32.1 Å². The molecule has 0 aromatic rings. The zero-order valence-corrected chi connectivity index (χ0v) is 37.1. The first-order valence-electron chi connectivity index (χ1n) is 22.1. The molecule has 0 aromatic carbocycles. The molecular weight excluding hydrogens is 775 g/mol. The van der Waals surface area contributed by atoms with Crippen molar-refractivity contribution in [3.8, 4) is 0 Å². The SMILES string of the molecule is CC/C=C\C[C@@H](O)/C=C/C=C\C/C=C\C=C\[C@@H](O)/C=C\CCCC(=O)OC[C@H](COP(=O)(O)OC[C@@H](O)CO)OC(=O)CCCCCCCCCCCCCCCCC. The van der Waals surface area contributed by atoms with Gasteiger partial charge in [0.05, 0.1) is 32.0 Å². The van der Waals surface area contributed by atoms with Gasteiger partial charge in [-0.25, -0.2) is 4.57 Å². The van der Waals surface area contributed by atoms with Gasteiger partial charge in [-0.15, -0.1) is 0 Å². The van der Waals surface area contributed by atoms with E-state index in [1.807, 2.05) is 49.5 Å². The maximum absolute atomic E-state index is 12.6. The first-order valence-corrected chi connectivity index (χ1v) is 23.6. The summed E-state index contributed by atoms with van der Waals surface area (Å²) in [6, 6.07) is 0. The molecule has 5 N–H and O–H groups in total. The van der Waals surface area contributed by atoms with Crippen LogP contribution in [0.1, 0.15) is 155 Å². The summed E-state index contributed by atoms with van der Waals surface area (Å²) < 4.78 is 32.6. The summed E-state index contributed by atoms with van der Waals surface area (Å²) in [6.45, 7) is 1.97. The molecule has 0 aliphatic carbocycles. The number of hydrogen-bond donors (Lipinski definition) is 5. The van der Waals surface area contributed by atoms with Crippen molar-refractivity contribution in [1.29, 1.82) is 0 Å². The lowest BCUT2D eigenvalue weighted by molar-refractivity contribution is -0.161. The highest BCUT2D eigenvalue weighted by Crippen LogP contribution is 2.43. The van der Waals surface area contributed by atoms with Crippen molar-refractivity contribution in [1.82, 2.24) is 0 Å². The van der Waals surface area contributed by atoms with E-state index in [0.717, 1.165) is 25.7 Å². The van der Waals surface area contributed by atoms with Crippen molar-refractivity contribution in [2.45, 2.75) is 180 Å². The number of carbonyl (C=O) groups is 2. The highest BCUT2D eigenvalue weighted by atomic mass is 31.2. The number of phosphoric acid groups is 1. The highest BCUT2D eigenvalue weighted by Gasteiger charge is 2.27. The monoisotopic (exact) mass is 855 g/mol. The van der Waals surface area contributed by atoms with Gasteiger partial charge >= 0.3 is 19.8 Å². The smallest absolute Gasteiger partial charge is 0.462 e. The standard InChI is InChI=1S/C46H79O12P/c1-3-5-7-8-9-10-11-12-13-14-15-16-20-23-29-36-46(52)58-44(40-57-59(53,54)56-38-43(50)37-47)39-55-45(51)35-30-24-28-34-42(49)33-27-22-19-17-18-21-26-32-41(48)31-25-6-4-2/h6,18-19,21-22,25-28,32-34,41-44,47-50H,3-5,7-17,20,23-24,29-31,35-40H2,1-2H3,(H,53,54)/b21-18-,22-19-,25-6-,32-26+,33-27+,34-28-/t41-,42-,43+,44-/m1/s1. The molecule has 1 unspecified atom stereocenters. The second-order valence-electron chi connectivity index (χ2n) is 14.7. The van der Waals surface area contributed by atoms with Gasteiger partial charge in [-0.1, -0.05) is 177 Å². The van der Waals surface area contributed by atoms with E-state index >= 15 is 0 Å². The molecule has 0 aliphatic heterocycles. The predicted octanol–water partition coefficient (Wildman–Crippen LogP) is 9.61. The van der Waals surface area contributed by atoms with E-state index in [9.17, 15) is 34.4 Å². The molecular formula is C46H79O12P. The van der Waals surface area contributed by atoms with Gasteiger partial charge in [-0.2, -0.15) is 0 Å². The number of aliphatic hydroxyl groups excluding tert-OH is 4. The number of unbranched alkanes of at least 4 members (excludes halogenated alkanes) is 15. The molecule has 0 aromatic heterocycles. The number of ether oxygens (including phenoxy) is 2. The van der Waals surface area contributed by atoms with Crippen LogP contribution in [0.2, 0.25) is 0 Å². The van der Waals surface area contributed by atoms with Crippen LogP contribution in [0, 0.1) is 0 Å². The molecule has 59 heavy (non-hydrogen) atoms. The number of rotatable bonds is 40. The van der Waals surface area contributed by atoms with Crippen molar-refractivity contribution >= 4 is 19.8 Å². The summed E-state index contributed by atoms with van der Waals surface area (Å²) in [6.07, 6.45) is 39.4. The number of hydrogen-bond acceptors (Lipinski definition) is 11. The summed E-state index contributed by atoms with van der Waals surface area (Å²) in [7, 11) is -4.67. The van der Waals surface area contributed by atoms with Gasteiger partial charge < -0.3 is 34.8 Å². The zero-order chi connectivity index (χ0) is 43.7. The number of esters is 2. The van der Waals surface area contributed by atoms with Gasteiger partial charge in [-0.3, -0.25) is 18.6 Å². The van der Waals surface area contributed by atoms with Gasteiger partial charge in [0.15, 0.2) is 6.10 Å². The molecule has 0 fully saturated rings. The maximum Gasteiger partial charge on any atom is 0.472 e. The minimum absolute atomic E-state index is 0.0535. The Morgan fingerprint density at radius 2 is 1.17 bits per heavy atom. The molecule has 5 atom stereocenters. The molecule has 0 saturated heterocycles. The molecule has 0 amide bonds. The van der Waals surface area contributed by atoms with Crippen LogP contribution in [0.3, 0.4) is 0 Å². The lowest BCUT2D eigenvalue weighted by atomic mass is 10.0. The Balaban J connectivity index is 4.53. The Morgan fingerprint density at radius 3 is 1.76 bits per heavy atom. The van der Waals surface area contributed by atoms with Crippen LogP contribution in [0.25, 0.3) is 0 Å². The molecule has 0 saturated carbocycles. The molecule has 340 valence electrons. The summed E-state index contributed by atoms with van der Waals surface area (Å²) in [5.74, 6) is -1.11. The Kier molecular flexibility index (Phi) is 38.9. The third-order valence-corrected chi connectivity index (χ3v) is 10.0. The first-order chi connectivity index (χ1) is 28.5. The molecule has 13 heteroatoms. The lowest BCUT2D eigenvalue weighted by Gasteiger charge is -2.20. The molecule has 0 spiro atoms. The third-order valence-electron chi connectivity index (χ3n) is 9.05. The fraction of sp³-hybridized carbons (Fsp3) is 0.696. The van der Waals surface area contributed by atoms with E-state index in [1.54, 1.807) is 30.4 Å². The Bertz CT molecular complexity index is 1240. The van der Waals surface area contributed by atoms with Crippen LogP contribution >= 0.6 is 7.82 Å². The Hall–Kier alpha value is -2.67. The fourth-order valence-corrected chi connectivity index (χ4v) is 6.41. The van der Waals surface area contributed by atoms with E-state index in [1.165, 1.54) is 70.6 Å². The first kappa shape index (κ1) is 56.3. The summed E-state index contributed by atoms with van der Waals surface area (Å²) in [5, 5.41) is 38.3. The van der Waals surface area contributed by atoms with Gasteiger partial charge in [0.1, 0.15) is 12.7 Å². The minimum Gasteiger partial charge on any atom is -0.462 e. The number of phosphoric ester groups is 1. The van der Waals surface area contributed by atoms with Crippen LogP contribution in [-0.2, 0) is 32.7 Å². The van der Waals surface area contributed by atoms with Crippen molar-refractivity contribution in [2.75, 3.05) is 26.4 Å². The van der Waals surface area contributed by atoms with E-state index in [4.69, 9.17) is 19.1 Å². The van der Waals surface area contributed by atoms with Gasteiger partial charge in [0.2, 0.25) is 0 Å². The van der Waals surface area contributed by atoms with Crippen molar-refractivity contribution in [3.05, 3.63) is 72.9 Å². The molecule has 0 bridgehead atoms. The lowest BCUT2D eigenvalue weighted by Crippen LogP contribution is -2.29. The molecule has 0 aliphatic rings. The summed E-state index contributed by atoms with van der Waals surface area (Å²) in [5.41, 5.74) is 0. The van der Waals surface area contributed by atoms with Gasteiger partial charge in [0.25, 0.3) is 0 Å². The molecule has 0 rings (SSSR count). The van der Waals surface area contributed by atoms with E-state index in [-0.39, 0.29) is 12.8 Å². The van der Waals surface area contributed by atoms with Crippen molar-refractivity contribution in [2.24, 2.45) is 0 Å². The topological polar surface area (TPSA) is 189 Å². The number of carbonyl (C=O) groups excluding carboxylic acids is 2. The van der Waals surface area contributed by atoms with Gasteiger partial charge in [0, 0.05) is 12.8 Å². The van der Waals surface area contributed by atoms with E-state index in [2.05, 4.69) is 11.4 Å². The van der Waals surface area contributed by atoms with Crippen LogP contribution in [0.4, 0.5) is 0 Å². The quantitative estimate of drug-likeness (QED) is 0.0129. The third kappa shape index (κ3) is 40.5. The Labute approximate surface area is 355 Å². The average Bonchev–Trinajstić information content (AvgIpc) is 3.21. The second kappa shape index (κ2) is 40.7. The second-order valence-corrected chi connectivity index (χ2v) is 16.2. The highest BCUT2D eigenvalue weighted by molar-refractivity contribution is 7.47. The molecule has 12 nitrogen and oxygen atoms in total. The normalized spacial score (nSPS) is 15.6. The van der Waals surface area contributed by atoms with Crippen LogP contribution < -0.4 is 0 Å². The number of aliphatic hydroxyl groups is 4. The van der Waals surface area contributed by atoms with Crippen molar-refractivity contribution in [3.63, 3.8) is 0 Å². The maximum atomic E-state index is 12.6. The van der Waals surface area contributed by atoms with Crippen LogP contribution in [0.5, 0.6) is 0 Å². The van der Waals surface area contributed by atoms with Crippen LogP contribution in [0.15, 0.2) is 72.9 Å². The minimum atomic E-state index is -4.67. The molecule has 0 radical (unpaired) electrons. The van der Waals surface area contributed by atoms with E-state index < -0.39 is 70.6 Å². The number of allylic oxidation sites excluding steroid dienone is 8. The largest absolute Gasteiger partial charge is 0.472 e. The van der Waals surface area contributed by atoms with Gasteiger partial charge in [-0.05, 0) is 38.5 Å². The molecule has 0 heterocycles. The fourth-order valence-electron chi connectivity index (χ4n) is 5.62. The zero-order valence-electron chi connectivity index (χ0n) is 36.2. The van der Waals surface area contributed by atoms with Crippen molar-refractivity contribution < 1.29 is 58.0 Å². The summed E-state index contributed by atoms with van der Waals surface area (Å²) >= 11 is 0. The predicted molar refractivity (Wildman–Crippen MR) is 235 cm³/mol.